The Hall–Kier alpha value is -1.83. The third-order valence-corrected chi connectivity index (χ3v) is 4.96. The van der Waals surface area contributed by atoms with E-state index in [0.717, 1.165) is 15.7 Å². The molecule has 9 heteroatoms. The molecule has 130 valence electrons. The van der Waals surface area contributed by atoms with Crippen LogP contribution in [-0.4, -0.2) is 25.5 Å². The van der Waals surface area contributed by atoms with Crippen molar-refractivity contribution in [1.82, 2.24) is 19.6 Å². The smallest absolute Gasteiger partial charge is 0.246 e. The Labute approximate surface area is 162 Å². The van der Waals surface area contributed by atoms with Gasteiger partial charge in [0.1, 0.15) is 6.54 Å². The van der Waals surface area contributed by atoms with Crippen LogP contribution in [0, 0.1) is 6.92 Å². The molecule has 0 atom stereocenters. The minimum atomic E-state index is -0.177. The number of carbonyl (C=O) groups is 1. The van der Waals surface area contributed by atoms with Gasteiger partial charge in [-0.3, -0.25) is 14.2 Å². The SMILES string of the molecule is Cc1nn(CC(=O)Nc2cnn(Cc3ccc(Cl)c(Cl)c3)c2)cc1Br. The predicted octanol–water partition coefficient (Wildman–Crippen LogP) is 4.14. The van der Waals surface area contributed by atoms with Crippen LogP contribution in [0.5, 0.6) is 0 Å². The lowest BCUT2D eigenvalue weighted by atomic mass is 10.2. The van der Waals surface area contributed by atoms with Gasteiger partial charge in [0.05, 0.1) is 38.6 Å². The van der Waals surface area contributed by atoms with E-state index in [1.165, 1.54) is 0 Å². The van der Waals surface area contributed by atoms with Crippen molar-refractivity contribution in [1.29, 1.82) is 0 Å². The molecule has 0 aliphatic heterocycles. The van der Waals surface area contributed by atoms with Crippen molar-refractivity contribution in [3.05, 3.63) is 62.6 Å². The van der Waals surface area contributed by atoms with Crippen LogP contribution in [0.4, 0.5) is 5.69 Å². The summed E-state index contributed by atoms with van der Waals surface area (Å²) >= 11 is 15.3. The van der Waals surface area contributed by atoms with Crippen LogP contribution < -0.4 is 5.32 Å². The number of aromatic nitrogens is 4. The average Bonchev–Trinajstić information content (AvgIpc) is 3.09. The highest BCUT2D eigenvalue weighted by Gasteiger charge is 2.09. The van der Waals surface area contributed by atoms with Crippen molar-refractivity contribution >= 4 is 50.7 Å². The number of halogens is 3. The molecule has 0 unspecified atom stereocenters. The maximum absolute atomic E-state index is 12.1. The Balaban J connectivity index is 1.61. The number of carbonyl (C=O) groups excluding carboxylic acids is 1. The highest BCUT2D eigenvalue weighted by molar-refractivity contribution is 9.10. The van der Waals surface area contributed by atoms with E-state index in [9.17, 15) is 4.79 Å². The fourth-order valence-electron chi connectivity index (χ4n) is 2.26. The molecule has 0 fully saturated rings. The molecule has 1 amide bonds. The molecule has 0 saturated heterocycles. The van der Waals surface area contributed by atoms with Crippen molar-refractivity contribution in [2.75, 3.05) is 5.32 Å². The number of nitrogens with one attached hydrogen (secondary N) is 1. The molecule has 0 saturated carbocycles. The third kappa shape index (κ3) is 4.62. The molecule has 0 spiro atoms. The summed E-state index contributed by atoms with van der Waals surface area (Å²) in [4.78, 5) is 12.1. The molecule has 0 aliphatic carbocycles. The molecule has 6 nitrogen and oxygen atoms in total. The van der Waals surface area contributed by atoms with Crippen LogP contribution in [-0.2, 0) is 17.9 Å². The Morgan fingerprint density at radius 3 is 2.72 bits per heavy atom. The molecular weight excluding hydrogens is 429 g/mol. The van der Waals surface area contributed by atoms with Crippen LogP contribution in [0.25, 0.3) is 0 Å². The van der Waals surface area contributed by atoms with Crippen LogP contribution in [0.3, 0.4) is 0 Å². The number of nitrogens with zero attached hydrogens (tertiary/aromatic N) is 4. The van der Waals surface area contributed by atoms with Gasteiger partial charge in [0.15, 0.2) is 0 Å². The number of aryl methyl sites for hydroxylation is 1. The number of amides is 1. The number of rotatable bonds is 5. The summed E-state index contributed by atoms with van der Waals surface area (Å²) in [7, 11) is 0. The van der Waals surface area contributed by atoms with E-state index >= 15 is 0 Å². The lowest BCUT2D eigenvalue weighted by Gasteiger charge is -2.04. The van der Waals surface area contributed by atoms with Crippen molar-refractivity contribution in [2.45, 2.75) is 20.0 Å². The molecule has 25 heavy (non-hydrogen) atoms. The van der Waals surface area contributed by atoms with Crippen LogP contribution >= 0.6 is 39.1 Å². The summed E-state index contributed by atoms with van der Waals surface area (Å²) in [6.45, 7) is 2.52. The minimum absolute atomic E-state index is 0.129. The van der Waals surface area contributed by atoms with Crippen molar-refractivity contribution < 1.29 is 4.79 Å². The molecule has 3 rings (SSSR count). The molecular formula is C16H14BrCl2N5O. The first-order chi connectivity index (χ1) is 11.9. The maximum Gasteiger partial charge on any atom is 0.246 e. The van der Waals surface area contributed by atoms with E-state index in [2.05, 4.69) is 31.4 Å². The van der Waals surface area contributed by atoms with Gasteiger partial charge in [-0.05, 0) is 40.5 Å². The summed E-state index contributed by atoms with van der Waals surface area (Å²) in [6, 6.07) is 5.42. The van der Waals surface area contributed by atoms with E-state index in [1.807, 2.05) is 13.0 Å². The van der Waals surface area contributed by atoms with Crippen LogP contribution in [0.15, 0.2) is 41.3 Å². The fourth-order valence-corrected chi connectivity index (χ4v) is 2.90. The summed E-state index contributed by atoms with van der Waals surface area (Å²) in [5.74, 6) is -0.177. The van der Waals surface area contributed by atoms with Gasteiger partial charge < -0.3 is 5.32 Å². The predicted molar refractivity (Wildman–Crippen MR) is 101 cm³/mol. The normalized spacial score (nSPS) is 10.9. The second-order valence-corrected chi connectivity index (χ2v) is 7.15. The molecule has 1 aromatic carbocycles. The first-order valence-electron chi connectivity index (χ1n) is 7.36. The van der Waals surface area contributed by atoms with Crippen molar-refractivity contribution in [2.24, 2.45) is 0 Å². The van der Waals surface area contributed by atoms with Gasteiger partial charge in [-0.2, -0.15) is 10.2 Å². The molecule has 0 aliphatic rings. The summed E-state index contributed by atoms with van der Waals surface area (Å²) in [5, 5.41) is 12.3. The van der Waals surface area contributed by atoms with Gasteiger partial charge >= 0.3 is 0 Å². The molecule has 1 N–H and O–H groups in total. The Morgan fingerprint density at radius 2 is 2.04 bits per heavy atom. The van der Waals surface area contributed by atoms with Crippen LogP contribution in [0.1, 0.15) is 11.3 Å². The van der Waals surface area contributed by atoms with Gasteiger partial charge in [-0.1, -0.05) is 29.3 Å². The largest absolute Gasteiger partial charge is 0.322 e. The topological polar surface area (TPSA) is 64.7 Å². The van der Waals surface area contributed by atoms with Gasteiger partial charge in [-0.25, -0.2) is 0 Å². The third-order valence-electron chi connectivity index (χ3n) is 3.44. The number of hydrogen-bond donors (Lipinski definition) is 1. The second-order valence-electron chi connectivity index (χ2n) is 5.48. The Morgan fingerprint density at radius 1 is 1.24 bits per heavy atom. The van der Waals surface area contributed by atoms with Crippen LogP contribution in [0.2, 0.25) is 10.0 Å². The lowest BCUT2D eigenvalue weighted by Crippen LogP contribution is -2.18. The van der Waals surface area contributed by atoms with Gasteiger partial charge in [0, 0.05) is 12.4 Å². The van der Waals surface area contributed by atoms with Gasteiger partial charge in [-0.15, -0.1) is 0 Å². The highest BCUT2D eigenvalue weighted by atomic mass is 79.9. The zero-order valence-corrected chi connectivity index (χ0v) is 16.3. The first-order valence-corrected chi connectivity index (χ1v) is 8.91. The molecule has 0 radical (unpaired) electrons. The monoisotopic (exact) mass is 441 g/mol. The van der Waals surface area contributed by atoms with Gasteiger partial charge in [0.25, 0.3) is 0 Å². The van der Waals surface area contributed by atoms with Crippen molar-refractivity contribution in [3.8, 4) is 0 Å². The molecule has 3 aromatic rings. The lowest BCUT2D eigenvalue weighted by molar-refractivity contribution is -0.116. The highest BCUT2D eigenvalue weighted by Crippen LogP contribution is 2.23. The maximum atomic E-state index is 12.1. The zero-order valence-electron chi connectivity index (χ0n) is 13.2. The Bertz CT molecular complexity index is 902. The fraction of sp³-hybridized carbons (Fsp3) is 0.188. The van der Waals surface area contributed by atoms with Crippen molar-refractivity contribution in [3.63, 3.8) is 0 Å². The van der Waals surface area contributed by atoms with E-state index in [4.69, 9.17) is 23.2 Å². The van der Waals surface area contributed by atoms with Gasteiger partial charge in [0.2, 0.25) is 5.91 Å². The zero-order chi connectivity index (χ0) is 18.0. The summed E-state index contributed by atoms with van der Waals surface area (Å²) in [5.41, 5.74) is 2.42. The minimum Gasteiger partial charge on any atom is -0.322 e. The van der Waals surface area contributed by atoms with E-state index < -0.39 is 0 Å². The quantitative estimate of drug-likeness (QED) is 0.645. The number of anilines is 1. The number of hydrogen-bond acceptors (Lipinski definition) is 3. The second kappa shape index (κ2) is 7.59. The van der Waals surface area contributed by atoms with E-state index in [0.29, 0.717) is 22.3 Å². The molecule has 2 heterocycles. The average molecular weight is 443 g/mol. The summed E-state index contributed by atoms with van der Waals surface area (Å²) < 4.78 is 4.16. The first kappa shape index (κ1) is 18.0. The standard InChI is InChI=1S/C16H14BrCl2N5O/c1-10-13(17)8-24(22-10)9-16(25)21-12-5-20-23(7-12)6-11-2-3-14(18)15(19)4-11/h2-5,7-8H,6,9H2,1H3,(H,21,25). The van der Waals surface area contributed by atoms with E-state index in [1.54, 1.807) is 40.1 Å². The Kier molecular flexibility index (Phi) is 5.46. The summed E-state index contributed by atoms with van der Waals surface area (Å²) in [6.07, 6.45) is 5.12. The molecule has 0 bridgehead atoms. The van der Waals surface area contributed by atoms with E-state index in [-0.39, 0.29) is 12.5 Å². The number of benzene rings is 1. The molecule has 2 aromatic heterocycles.